The number of hydrogen-bond acceptors (Lipinski definition) is 11. The molecule has 3 aromatic heterocycles. The fraction of sp³-hybridized carbons (Fsp3) is 0.208. The molecular formula is C48H43N3O9. The lowest BCUT2D eigenvalue weighted by Crippen LogP contribution is -2.11. The van der Waals surface area contributed by atoms with Crippen LogP contribution in [0.5, 0.6) is 23.0 Å². The molecule has 5 aromatic carbocycles. The summed E-state index contributed by atoms with van der Waals surface area (Å²) in [5.74, 6) is 3.14. The number of para-hydroxylation sites is 2. The van der Waals surface area contributed by atoms with E-state index in [0.29, 0.717) is 89.2 Å². The van der Waals surface area contributed by atoms with Crippen molar-refractivity contribution in [3.8, 4) is 45.6 Å². The van der Waals surface area contributed by atoms with Crippen LogP contribution in [0.15, 0.2) is 152 Å². The van der Waals surface area contributed by atoms with Crippen LogP contribution < -0.4 is 29.8 Å². The van der Waals surface area contributed by atoms with Crippen molar-refractivity contribution in [3.05, 3.63) is 165 Å². The molecule has 0 atom stereocenters. The average Bonchev–Trinajstić information content (AvgIpc) is 3.75. The van der Waals surface area contributed by atoms with Crippen LogP contribution in [0, 0.1) is 0 Å². The second-order valence-electron chi connectivity index (χ2n) is 14.0. The molecule has 8 rings (SSSR count). The number of ether oxygens (including phenoxy) is 5. The maximum absolute atomic E-state index is 13.6. The Kier molecular flexibility index (Phi) is 12.6. The second-order valence-corrected chi connectivity index (χ2v) is 14.0. The highest BCUT2D eigenvalue weighted by molar-refractivity contribution is 5.82. The lowest BCUT2D eigenvalue weighted by atomic mass is 10.1. The van der Waals surface area contributed by atoms with E-state index in [0.717, 1.165) is 36.1 Å². The Bertz CT molecular complexity index is 2790. The molecule has 0 aliphatic rings. The van der Waals surface area contributed by atoms with Crippen LogP contribution in [0.3, 0.4) is 0 Å². The number of benzene rings is 5. The molecule has 8 aromatic rings. The van der Waals surface area contributed by atoms with Crippen molar-refractivity contribution in [1.29, 1.82) is 0 Å². The normalized spacial score (nSPS) is 11.2. The molecular weight excluding hydrogens is 763 g/mol. The number of hydrogen-bond donors (Lipinski definition) is 0. The Morgan fingerprint density at radius 1 is 0.633 bits per heavy atom. The summed E-state index contributed by atoms with van der Waals surface area (Å²) in [5, 5.41) is 9.55. The average molecular weight is 806 g/mol. The van der Waals surface area contributed by atoms with E-state index in [4.69, 9.17) is 32.5 Å². The first-order valence-corrected chi connectivity index (χ1v) is 19.8. The van der Waals surface area contributed by atoms with E-state index in [1.807, 2.05) is 97.2 Å². The van der Waals surface area contributed by atoms with Crippen molar-refractivity contribution in [2.75, 3.05) is 33.5 Å². The van der Waals surface area contributed by atoms with Crippen LogP contribution >= 0.6 is 0 Å². The first kappa shape index (κ1) is 39.6. The lowest BCUT2D eigenvalue weighted by molar-refractivity contribution is 0.0923. The van der Waals surface area contributed by atoms with E-state index >= 15 is 0 Å². The predicted octanol–water partition coefficient (Wildman–Crippen LogP) is 8.91. The molecule has 3 heterocycles. The zero-order valence-electron chi connectivity index (χ0n) is 33.1. The Morgan fingerprint density at radius 3 is 2.13 bits per heavy atom. The molecule has 0 saturated carbocycles. The summed E-state index contributed by atoms with van der Waals surface area (Å²) in [7, 11) is 1.61. The largest absolute Gasteiger partial charge is 0.497 e. The number of rotatable bonds is 19. The predicted molar refractivity (Wildman–Crippen MR) is 228 cm³/mol. The second kappa shape index (κ2) is 19.0. The summed E-state index contributed by atoms with van der Waals surface area (Å²) >= 11 is 0. The van der Waals surface area contributed by atoms with Crippen LogP contribution in [-0.2, 0) is 24.3 Å². The van der Waals surface area contributed by atoms with Crippen LogP contribution in [-0.4, -0.2) is 48.5 Å². The molecule has 0 spiro atoms. The minimum absolute atomic E-state index is 0.0744. The van der Waals surface area contributed by atoms with Gasteiger partial charge >= 0.3 is 0 Å². The summed E-state index contributed by atoms with van der Waals surface area (Å²) < 4.78 is 43.0. The summed E-state index contributed by atoms with van der Waals surface area (Å²) in [6.07, 6.45) is 4.45. The van der Waals surface area contributed by atoms with E-state index < -0.39 is 0 Å². The van der Waals surface area contributed by atoms with Crippen LogP contribution in [0.25, 0.3) is 44.6 Å². The van der Waals surface area contributed by atoms with Crippen LogP contribution in [0.4, 0.5) is 0 Å². The molecule has 0 amide bonds. The Balaban J connectivity index is 0.744. The molecule has 0 radical (unpaired) electrons. The fourth-order valence-electron chi connectivity index (χ4n) is 6.67. The molecule has 0 unspecified atom stereocenters. The number of unbranched alkanes of at least 4 members (excludes halogenated alkanes) is 1. The van der Waals surface area contributed by atoms with Crippen molar-refractivity contribution < 1.29 is 32.5 Å². The molecule has 0 N–H and O–H groups in total. The highest BCUT2D eigenvalue weighted by Crippen LogP contribution is 2.33. The van der Waals surface area contributed by atoms with Crippen molar-refractivity contribution in [2.45, 2.75) is 32.4 Å². The van der Waals surface area contributed by atoms with Gasteiger partial charge in [0.05, 0.1) is 49.9 Å². The SMILES string of the molecule is COc1cccc(COc2c(-c3ccc(OCCCCc4cn(CCOCCOc5ccc(-c6cc(=O)c7ccccc7o6)cc5)nn4)cc3)oc3ccccc3c2=O)c1. The molecule has 0 aliphatic carbocycles. The van der Waals surface area contributed by atoms with Crippen LogP contribution in [0.1, 0.15) is 24.1 Å². The van der Waals surface area contributed by atoms with Crippen molar-refractivity contribution >= 4 is 21.9 Å². The highest BCUT2D eigenvalue weighted by Gasteiger charge is 2.18. The molecule has 304 valence electrons. The van der Waals surface area contributed by atoms with E-state index in [-0.39, 0.29) is 23.2 Å². The van der Waals surface area contributed by atoms with Gasteiger partial charge in [0.1, 0.15) is 47.4 Å². The third-order valence-corrected chi connectivity index (χ3v) is 9.81. The van der Waals surface area contributed by atoms with Crippen LogP contribution in [0.2, 0.25) is 0 Å². The molecule has 0 bridgehead atoms. The van der Waals surface area contributed by atoms with Gasteiger partial charge in [0, 0.05) is 23.4 Å². The Morgan fingerprint density at radius 2 is 1.35 bits per heavy atom. The zero-order chi connectivity index (χ0) is 41.1. The number of fused-ring (bicyclic) bond motifs is 2. The van der Waals surface area contributed by atoms with E-state index in [1.165, 1.54) is 6.07 Å². The maximum atomic E-state index is 13.6. The zero-order valence-corrected chi connectivity index (χ0v) is 33.1. The molecule has 0 aliphatic heterocycles. The van der Waals surface area contributed by atoms with Crippen molar-refractivity contribution in [1.82, 2.24) is 15.0 Å². The maximum Gasteiger partial charge on any atom is 0.235 e. The number of aromatic nitrogens is 3. The Hall–Kier alpha value is -7.18. The molecule has 12 heteroatoms. The van der Waals surface area contributed by atoms with Gasteiger partial charge in [-0.2, -0.15) is 0 Å². The third-order valence-electron chi connectivity index (χ3n) is 9.81. The van der Waals surface area contributed by atoms with Gasteiger partial charge in [-0.05, 0) is 110 Å². The first-order valence-electron chi connectivity index (χ1n) is 19.8. The van der Waals surface area contributed by atoms with E-state index in [2.05, 4.69) is 10.3 Å². The summed E-state index contributed by atoms with van der Waals surface area (Å²) in [6, 6.07) is 38.3. The quantitative estimate of drug-likeness (QED) is 0.0725. The van der Waals surface area contributed by atoms with E-state index in [1.54, 1.807) is 42.1 Å². The highest BCUT2D eigenvalue weighted by atomic mass is 16.5. The van der Waals surface area contributed by atoms with Gasteiger partial charge in [-0.15, -0.1) is 5.10 Å². The van der Waals surface area contributed by atoms with Gasteiger partial charge in [0.25, 0.3) is 0 Å². The Labute approximate surface area is 345 Å². The molecule has 60 heavy (non-hydrogen) atoms. The number of methoxy groups -OCH3 is 1. The monoisotopic (exact) mass is 805 g/mol. The van der Waals surface area contributed by atoms with E-state index in [9.17, 15) is 9.59 Å². The van der Waals surface area contributed by atoms with Gasteiger partial charge in [0.2, 0.25) is 11.2 Å². The van der Waals surface area contributed by atoms with Gasteiger partial charge in [-0.25, -0.2) is 4.68 Å². The molecule has 12 nitrogen and oxygen atoms in total. The molecule has 0 saturated heterocycles. The standard InChI is InChI=1S/C48H43N3O9/c1-54-39-11-8-9-33(29-39)32-58-48-46(53)41-13-3-5-15-44(41)60-47(48)35-18-22-37(23-19-35)56-25-7-6-10-36-31-51(50-49-36)24-26-55-27-28-57-38-20-16-34(17-21-38)45-30-42(52)40-12-2-4-14-43(40)59-45/h2-5,8-9,11-23,29-31H,6-7,10,24-28,32H2,1H3. The van der Waals surface area contributed by atoms with Gasteiger partial charge in [-0.1, -0.05) is 41.6 Å². The van der Waals surface area contributed by atoms with Gasteiger partial charge in [-0.3, -0.25) is 9.59 Å². The third kappa shape index (κ3) is 9.74. The van der Waals surface area contributed by atoms with Gasteiger partial charge < -0.3 is 32.5 Å². The molecule has 0 fully saturated rings. The smallest absolute Gasteiger partial charge is 0.235 e. The summed E-state index contributed by atoms with van der Waals surface area (Å²) in [4.78, 5) is 26.0. The van der Waals surface area contributed by atoms with Gasteiger partial charge in [0.15, 0.2) is 11.2 Å². The summed E-state index contributed by atoms with van der Waals surface area (Å²) in [5.41, 5.74) is 4.01. The van der Waals surface area contributed by atoms with Crippen molar-refractivity contribution in [3.63, 3.8) is 0 Å². The minimum Gasteiger partial charge on any atom is -0.497 e. The number of aryl methyl sites for hydroxylation is 1. The van der Waals surface area contributed by atoms with Crippen molar-refractivity contribution in [2.24, 2.45) is 0 Å². The minimum atomic E-state index is -0.234. The summed E-state index contributed by atoms with van der Waals surface area (Å²) in [6.45, 7) is 2.58. The lowest BCUT2D eigenvalue weighted by Gasteiger charge is -2.13. The first-order chi connectivity index (χ1) is 29.5. The fourth-order valence-corrected chi connectivity index (χ4v) is 6.67. The number of nitrogens with zero attached hydrogens (tertiary/aromatic N) is 3. The topological polar surface area (TPSA) is 137 Å².